The summed E-state index contributed by atoms with van der Waals surface area (Å²) in [6.45, 7) is 5.81. The summed E-state index contributed by atoms with van der Waals surface area (Å²) in [6.07, 6.45) is 0.804. The van der Waals surface area contributed by atoms with Gasteiger partial charge in [-0.2, -0.15) is 0 Å². The SMILES string of the molecule is CCC(C)(C)NC(=O)Cc1cc(S(=O)(=O)Cl)ccc1OC. The molecular weight excluding hydrogens is 314 g/mol. The zero-order chi connectivity index (χ0) is 16.3. The Kier molecular flexibility index (Phi) is 5.64. The molecule has 118 valence electrons. The van der Waals surface area contributed by atoms with Crippen LogP contribution in [0.25, 0.3) is 0 Å². The van der Waals surface area contributed by atoms with Gasteiger partial charge in [0.15, 0.2) is 0 Å². The summed E-state index contributed by atoms with van der Waals surface area (Å²) in [4.78, 5) is 12.0. The molecule has 0 bridgehead atoms. The number of carbonyl (C=O) groups is 1. The third kappa shape index (κ3) is 5.21. The van der Waals surface area contributed by atoms with E-state index in [1.807, 2.05) is 20.8 Å². The fraction of sp³-hybridized carbons (Fsp3) is 0.500. The van der Waals surface area contributed by atoms with Crippen LogP contribution >= 0.6 is 10.7 Å². The zero-order valence-corrected chi connectivity index (χ0v) is 14.1. The molecule has 7 heteroatoms. The molecule has 5 nitrogen and oxygen atoms in total. The fourth-order valence-electron chi connectivity index (χ4n) is 1.73. The lowest BCUT2D eigenvalue weighted by molar-refractivity contribution is -0.122. The van der Waals surface area contributed by atoms with Gasteiger partial charge in [-0.3, -0.25) is 4.79 Å². The highest BCUT2D eigenvalue weighted by atomic mass is 35.7. The van der Waals surface area contributed by atoms with Crippen LogP contribution in [0.1, 0.15) is 32.8 Å². The molecule has 0 saturated carbocycles. The van der Waals surface area contributed by atoms with E-state index >= 15 is 0 Å². The van der Waals surface area contributed by atoms with Crippen LogP contribution in [0.3, 0.4) is 0 Å². The summed E-state index contributed by atoms with van der Waals surface area (Å²) in [5.74, 6) is 0.243. The van der Waals surface area contributed by atoms with Crippen molar-refractivity contribution in [2.45, 2.75) is 44.0 Å². The molecular formula is C14H20ClNO4S. The number of hydrogen-bond donors (Lipinski definition) is 1. The monoisotopic (exact) mass is 333 g/mol. The van der Waals surface area contributed by atoms with E-state index in [0.29, 0.717) is 11.3 Å². The van der Waals surface area contributed by atoms with Gasteiger partial charge < -0.3 is 10.1 Å². The van der Waals surface area contributed by atoms with Gasteiger partial charge in [-0.1, -0.05) is 6.92 Å². The van der Waals surface area contributed by atoms with Crippen molar-refractivity contribution in [1.29, 1.82) is 0 Å². The molecule has 1 aromatic carbocycles. The Hall–Kier alpha value is -1.27. The van der Waals surface area contributed by atoms with Crippen molar-refractivity contribution in [2.75, 3.05) is 7.11 Å². The van der Waals surface area contributed by atoms with Gasteiger partial charge in [-0.25, -0.2) is 8.42 Å². The number of carbonyl (C=O) groups excluding carboxylic acids is 1. The average molecular weight is 334 g/mol. The second-order valence-electron chi connectivity index (χ2n) is 5.37. The van der Waals surface area contributed by atoms with Crippen molar-refractivity contribution in [2.24, 2.45) is 0 Å². The first-order chi connectivity index (χ1) is 9.59. The first-order valence-corrected chi connectivity index (χ1v) is 8.82. The third-order valence-corrected chi connectivity index (χ3v) is 4.60. The normalized spacial score (nSPS) is 12.0. The van der Waals surface area contributed by atoms with Gasteiger partial charge in [0.05, 0.1) is 18.4 Å². The zero-order valence-electron chi connectivity index (χ0n) is 12.6. The maximum atomic E-state index is 12.1. The first-order valence-electron chi connectivity index (χ1n) is 6.51. The number of hydrogen-bond acceptors (Lipinski definition) is 4. The van der Waals surface area contributed by atoms with E-state index in [4.69, 9.17) is 15.4 Å². The quantitative estimate of drug-likeness (QED) is 0.812. The van der Waals surface area contributed by atoms with E-state index in [2.05, 4.69) is 5.32 Å². The molecule has 0 spiro atoms. The van der Waals surface area contributed by atoms with E-state index in [9.17, 15) is 13.2 Å². The number of rotatable bonds is 6. The van der Waals surface area contributed by atoms with Crippen molar-refractivity contribution in [1.82, 2.24) is 5.32 Å². The molecule has 0 heterocycles. The molecule has 0 fully saturated rings. The van der Waals surface area contributed by atoms with Gasteiger partial charge in [-0.15, -0.1) is 0 Å². The Morgan fingerprint density at radius 1 is 1.38 bits per heavy atom. The van der Waals surface area contributed by atoms with E-state index in [0.717, 1.165) is 6.42 Å². The summed E-state index contributed by atoms with van der Waals surface area (Å²) < 4.78 is 27.9. The van der Waals surface area contributed by atoms with Crippen LogP contribution in [0.4, 0.5) is 0 Å². The molecule has 0 radical (unpaired) electrons. The van der Waals surface area contributed by atoms with Crippen molar-refractivity contribution in [3.8, 4) is 5.75 Å². The number of halogens is 1. The van der Waals surface area contributed by atoms with Crippen LogP contribution in [-0.2, 0) is 20.3 Å². The van der Waals surface area contributed by atoms with Crippen LogP contribution in [0, 0.1) is 0 Å². The Morgan fingerprint density at radius 2 is 2.00 bits per heavy atom. The molecule has 0 aromatic heterocycles. The molecule has 0 unspecified atom stereocenters. The summed E-state index contributed by atoms with van der Waals surface area (Å²) in [7, 11) is 2.94. The molecule has 0 aliphatic rings. The highest BCUT2D eigenvalue weighted by molar-refractivity contribution is 8.13. The number of benzene rings is 1. The summed E-state index contributed by atoms with van der Waals surface area (Å²) >= 11 is 0. The Balaban J connectivity index is 3.03. The number of nitrogens with one attached hydrogen (secondary N) is 1. The van der Waals surface area contributed by atoms with Crippen molar-refractivity contribution < 1.29 is 17.9 Å². The topological polar surface area (TPSA) is 72.5 Å². The lowest BCUT2D eigenvalue weighted by Crippen LogP contribution is -2.43. The largest absolute Gasteiger partial charge is 0.496 e. The van der Waals surface area contributed by atoms with E-state index < -0.39 is 9.05 Å². The number of methoxy groups -OCH3 is 1. The van der Waals surface area contributed by atoms with Gasteiger partial charge in [0, 0.05) is 21.8 Å². The molecule has 1 N–H and O–H groups in total. The Labute approximate surface area is 130 Å². The van der Waals surface area contributed by atoms with Crippen LogP contribution in [0.5, 0.6) is 5.75 Å². The standard InChI is InChI=1S/C14H20ClNO4S/c1-5-14(2,3)16-13(17)9-10-8-11(21(15,18)19)6-7-12(10)20-4/h6-8H,5,9H2,1-4H3,(H,16,17). The van der Waals surface area contributed by atoms with Gasteiger partial charge in [0.1, 0.15) is 5.75 Å². The average Bonchev–Trinajstić information content (AvgIpc) is 2.36. The molecule has 1 aromatic rings. The number of amides is 1. The maximum Gasteiger partial charge on any atom is 0.261 e. The minimum atomic E-state index is -3.84. The smallest absolute Gasteiger partial charge is 0.261 e. The van der Waals surface area contributed by atoms with E-state index in [1.54, 1.807) is 0 Å². The van der Waals surface area contributed by atoms with Gasteiger partial charge in [-0.05, 0) is 38.5 Å². The first kappa shape index (κ1) is 17.8. The molecule has 1 amide bonds. The molecule has 0 aliphatic heterocycles. The van der Waals surface area contributed by atoms with Crippen molar-refractivity contribution in [3.05, 3.63) is 23.8 Å². The van der Waals surface area contributed by atoms with E-state index in [-0.39, 0.29) is 22.8 Å². The minimum absolute atomic E-state index is 0.0207. The lowest BCUT2D eigenvalue weighted by atomic mass is 10.0. The fourth-order valence-corrected chi connectivity index (χ4v) is 2.53. The minimum Gasteiger partial charge on any atom is -0.496 e. The predicted molar refractivity (Wildman–Crippen MR) is 82.2 cm³/mol. The summed E-state index contributed by atoms with van der Waals surface area (Å²) in [5.41, 5.74) is 0.157. The maximum absolute atomic E-state index is 12.1. The summed E-state index contributed by atoms with van der Waals surface area (Å²) in [5, 5.41) is 2.89. The highest BCUT2D eigenvalue weighted by Gasteiger charge is 2.20. The van der Waals surface area contributed by atoms with E-state index in [1.165, 1.54) is 25.3 Å². The van der Waals surface area contributed by atoms with Crippen molar-refractivity contribution in [3.63, 3.8) is 0 Å². The highest BCUT2D eigenvalue weighted by Crippen LogP contribution is 2.25. The third-order valence-electron chi connectivity index (χ3n) is 3.25. The number of ether oxygens (including phenoxy) is 1. The Morgan fingerprint density at radius 3 is 2.48 bits per heavy atom. The molecule has 0 aliphatic carbocycles. The van der Waals surface area contributed by atoms with Crippen LogP contribution < -0.4 is 10.1 Å². The van der Waals surface area contributed by atoms with Gasteiger partial charge >= 0.3 is 0 Å². The van der Waals surface area contributed by atoms with Gasteiger partial charge in [0.2, 0.25) is 5.91 Å². The molecule has 1 rings (SSSR count). The summed E-state index contributed by atoms with van der Waals surface area (Å²) in [6, 6.07) is 4.20. The van der Waals surface area contributed by atoms with Gasteiger partial charge in [0.25, 0.3) is 9.05 Å². The second kappa shape index (κ2) is 6.66. The lowest BCUT2D eigenvalue weighted by Gasteiger charge is -2.24. The van der Waals surface area contributed by atoms with Crippen LogP contribution in [0.2, 0.25) is 0 Å². The van der Waals surface area contributed by atoms with Crippen LogP contribution in [0.15, 0.2) is 23.1 Å². The molecule has 21 heavy (non-hydrogen) atoms. The van der Waals surface area contributed by atoms with Crippen molar-refractivity contribution >= 4 is 25.6 Å². The predicted octanol–water partition coefficient (Wildman–Crippen LogP) is 2.47. The molecule has 0 atom stereocenters. The second-order valence-corrected chi connectivity index (χ2v) is 7.94. The Bertz CT molecular complexity index is 626. The van der Waals surface area contributed by atoms with Crippen LogP contribution in [-0.4, -0.2) is 27.0 Å². The molecule has 0 saturated heterocycles.